The zero-order valence-electron chi connectivity index (χ0n) is 17.9. The molecule has 1 aromatic rings. The molecule has 1 atom stereocenters. The first kappa shape index (κ1) is 20.9. The number of carbonyl (C=O) groups is 2. The largest absolute Gasteiger partial charge is 0.497 e. The van der Waals surface area contributed by atoms with Crippen LogP contribution in [0.5, 0.6) is 5.75 Å². The zero-order chi connectivity index (χ0) is 21.2. The van der Waals surface area contributed by atoms with Gasteiger partial charge in [-0.2, -0.15) is 0 Å². The first-order valence-corrected chi connectivity index (χ1v) is 10.7. The van der Waals surface area contributed by atoms with E-state index in [1.807, 2.05) is 29.2 Å². The first-order chi connectivity index (χ1) is 14.5. The van der Waals surface area contributed by atoms with E-state index in [0.29, 0.717) is 25.4 Å². The van der Waals surface area contributed by atoms with E-state index in [9.17, 15) is 9.59 Å². The average Bonchev–Trinajstić information content (AvgIpc) is 3.28. The fourth-order valence-corrected chi connectivity index (χ4v) is 5.57. The second-order valence-corrected chi connectivity index (χ2v) is 8.72. The van der Waals surface area contributed by atoms with Gasteiger partial charge in [-0.15, -0.1) is 0 Å². The Morgan fingerprint density at radius 2 is 2.00 bits per heavy atom. The third-order valence-corrected chi connectivity index (χ3v) is 7.25. The number of anilines is 1. The molecule has 0 aromatic heterocycles. The molecule has 1 unspecified atom stereocenters. The first-order valence-electron chi connectivity index (χ1n) is 10.7. The van der Waals surface area contributed by atoms with Crippen LogP contribution in [0.2, 0.25) is 0 Å². The van der Waals surface area contributed by atoms with E-state index in [-0.39, 0.29) is 22.8 Å². The summed E-state index contributed by atoms with van der Waals surface area (Å²) in [6.45, 7) is 5.26. The number of hydrogen-bond donors (Lipinski definition) is 2. The summed E-state index contributed by atoms with van der Waals surface area (Å²) in [6, 6.07) is 7.27. The van der Waals surface area contributed by atoms with Crippen LogP contribution in [0.4, 0.5) is 10.5 Å². The molecule has 4 rings (SSSR count). The van der Waals surface area contributed by atoms with Crippen LogP contribution in [0.3, 0.4) is 0 Å². The van der Waals surface area contributed by atoms with Gasteiger partial charge in [-0.05, 0) is 31.4 Å². The Balaban J connectivity index is 1.43. The highest BCUT2D eigenvalue weighted by Gasteiger charge is 2.63. The lowest BCUT2D eigenvalue weighted by atomic mass is 9.60. The molecule has 8 heteroatoms. The van der Waals surface area contributed by atoms with Crippen molar-refractivity contribution in [1.82, 2.24) is 15.1 Å². The summed E-state index contributed by atoms with van der Waals surface area (Å²) in [4.78, 5) is 30.0. The van der Waals surface area contributed by atoms with Gasteiger partial charge in [-0.3, -0.25) is 9.69 Å². The van der Waals surface area contributed by atoms with E-state index in [4.69, 9.17) is 9.47 Å². The van der Waals surface area contributed by atoms with E-state index in [1.54, 1.807) is 14.2 Å². The molecule has 30 heavy (non-hydrogen) atoms. The monoisotopic (exact) mass is 416 g/mol. The Bertz CT molecular complexity index is 793. The van der Waals surface area contributed by atoms with Crippen molar-refractivity contribution in [3.63, 3.8) is 0 Å². The molecule has 0 saturated carbocycles. The van der Waals surface area contributed by atoms with Gasteiger partial charge in [0.05, 0.1) is 19.1 Å². The van der Waals surface area contributed by atoms with Gasteiger partial charge in [0, 0.05) is 63.5 Å². The van der Waals surface area contributed by atoms with Crippen LogP contribution in [0.1, 0.15) is 19.3 Å². The fraction of sp³-hybridized carbons (Fsp3) is 0.636. The molecule has 2 spiro atoms. The van der Waals surface area contributed by atoms with Crippen molar-refractivity contribution in [1.29, 1.82) is 0 Å². The number of hydrogen-bond acceptors (Lipinski definition) is 5. The number of fused-ring (bicyclic) bond motifs is 1. The van der Waals surface area contributed by atoms with E-state index < -0.39 is 0 Å². The van der Waals surface area contributed by atoms with Crippen molar-refractivity contribution in [3.8, 4) is 5.75 Å². The Morgan fingerprint density at radius 3 is 2.67 bits per heavy atom. The number of piperidine rings is 1. The van der Waals surface area contributed by atoms with Crippen molar-refractivity contribution in [2.75, 3.05) is 65.4 Å². The number of carbonyl (C=O) groups excluding carboxylic acids is 2. The predicted octanol–water partition coefficient (Wildman–Crippen LogP) is 1.78. The minimum atomic E-state index is -0.337. The molecule has 3 aliphatic rings. The number of nitrogens with one attached hydrogen (secondary N) is 2. The van der Waals surface area contributed by atoms with E-state index in [2.05, 4.69) is 15.5 Å². The van der Waals surface area contributed by atoms with Crippen LogP contribution in [0, 0.1) is 10.8 Å². The van der Waals surface area contributed by atoms with E-state index in [0.717, 1.165) is 51.1 Å². The minimum absolute atomic E-state index is 0.0753. The summed E-state index contributed by atoms with van der Waals surface area (Å²) >= 11 is 0. The van der Waals surface area contributed by atoms with Crippen LogP contribution < -0.4 is 15.4 Å². The van der Waals surface area contributed by atoms with Gasteiger partial charge in [0.25, 0.3) is 0 Å². The maximum absolute atomic E-state index is 12.9. The molecule has 1 aromatic carbocycles. The Morgan fingerprint density at radius 1 is 1.20 bits per heavy atom. The number of amides is 3. The average molecular weight is 417 g/mol. The molecule has 3 fully saturated rings. The molecular formula is C22H32N4O4. The maximum Gasteiger partial charge on any atom is 0.321 e. The van der Waals surface area contributed by atoms with Gasteiger partial charge in [-0.25, -0.2) is 4.79 Å². The van der Waals surface area contributed by atoms with Crippen LogP contribution in [-0.4, -0.2) is 81.8 Å². The number of rotatable bonds is 5. The summed E-state index contributed by atoms with van der Waals surface area (Å²) in [5, 5.41) is 6.05. The van der Waals surface area contributed by atoms with Crippen LogP contribution >= 0.6 is 0 Å². The second-order valence-electron chi connectivity index (χ2n) is 8.72. The van der Waals surface area contributed by atoms with Crippen LogP contribution in [-0.2, 0) is 9.53 Å². The fourth-order valence-electron chi connectivity index (χ4n) is 5.57. The van der Waals surface area contributed by atoms with E-state index >= 15 is 0 Å². The molecule has 0 aliphatic carbocycles. The summed E-state index contributed by atoms with van der Waals surface area (Å²) < 4.78 is 10.5. The minimum Gasteiger partial charge on any atom is -0.497 e. The maximum atomic E-state index is 12.9. The van der Waals surface area contributed by atoms with Crippen molar-refractivity contribution in [2.45, 2.75) is 19.3 Å². The molecule has 3 heterocycles. The van der Waals surface area contributed by atoms with Gasteiger partial charge in [0.15, 0.2) is 0 Å². The van der Waals surface area contributed by atoms with Crippen molar-refractivity contribution in [3.05, 3.63) is 24.3 Å². The van der Waals surface area contributed by atoms with Gasteiger partial charge < -0.3 is 25.0 Å². The molecular weight excluding hydrogens is 384 g/mol. The smallest absolute Gasteiger partial charge is 0.321 e. The number of urea groups is 1. The summed E-state index contributed by atoms with van der Waals surface area (Å²) in [5.74, 6) is 0.901. The van der Waals surface area contributed by atoms with Gasteiger partial charge in [0.1, 0.15) is 5.75 Å². The third kappa shape index (κ3) is 3.63. The van der Waals surface area contributed by atoms with Crippen LogP contribution in [0.15, 0.2) is 24.3 Å². The number of likely N-dealkylation sites (tertiary alicyclic amines) is 2. The van der Waals surface area contributed by atoms with Gasteiger partial charge in [0.2, 0.25) is 5.91 Å². The molecule has 8 nitrogen and oxygen atoms in total. The molecule has 3 aliphatic heterocycles. The van der Waals surface area contributed by atoms with Crippen LogP contribution in [0.25, 0.3) is 0 Å². The molecule has 0 radical (unpaired) electrons. The number of ether oxygens (including phenoxy) is 2. The Kier molecular flexibility index (Phi) is 5.88. The number of benzene rings is 1. The molecule has 2 N–H and O–H groups in total. The summed E-state index contributed by atoms with van der Waals surface area (Å²) in [5.41, 5.74) is 0.308. The van der Waals surface area contributed by atoms with Crippen molar-refractivity contribution in [2.24, 2.45) is 10.8 Å². The van der Waals surface area contributed by atoms with Crippen molar-refractivity contribution >= 4 is 17.6 Å². The molecule has 0 bridgehead atoms. The standard InChI is InChI=1S/C22H32N4O4/c1-29-13-12-25-15-21(22(16-25)6-9-23-19(22)27)7-10-26(11-8-21)20(28)24-17-4-3-5-18(14-17)30-2/h3-5,14H,6-13,15-16H2,1-2H3,(H,23,27)(H,24,28). The second kappa shape index (κ2) is 8.43. The zero-order valence-corrected chi connectivity index (χ0v) is 17.9. The van der Waals surface area contributed by atoms with Crippen molar-refractivity contribution < 1.29 is 19.1 Å². The topological polar surface area (TPSA) is 83.1 Å². The lowest BCUT2D eigenvalue weighted by Gasteiger charge is -2.46. The lowest BCUT2D eigenvalue weighted by Crippen LogP contribution is -2.53. The Labute approximate surface area is 177 Å². The molecule has 3 amide bonds. The summed E-state index contributed by atoms with van der Waals surface area (Å²) in [6.07, 6.45) is 2.57. The highest BCUT2D eigenvalue weighted by Crippen LogP contribution is 2.56. The Hall–Kier alpha value is -2.32. The molecule has 164 valence electrons. The highest BCUT2D eigenvalue weighted by molar-refractivity contribution is 5.90. The number of methoxy groups -OCH3 is 2. The SMILES string of the molecule is COCCN1CC2(CCN(C(=O)Nc3cccc(OC)c3)CC2)C2(CCNC2=O)C1. The predicted molar refractivity (Wildman–Crippen MR) is 114 cm³/mol. The summed E-state index contributed by atoms with van der Waals surface area (Å²) in [7, 11) is 3.32. The quantitative estimate of drug-likeness (QED) is 0.765. The van der Waals surface area contributed by atoms with E-state index in [1.165, 1.54) is 0 Å². The lowest BCUT2D eigenvalue weighted by molar-refractivity contribution is -0.133. The van der Waals surface area contributed by atoms with Gasteiger partial charge in [-0.1, -0.05) is 6.07 Å². The molecule has 3 saturated heterocycles. The number of nitrogens with zero attached hydrogens (tertiary/aromatic N) is 2. The van der Waals surface area contributed by atoms with Gasteiger partial charge >= 0.3 is 6.03 Å². The highest BCUT2D eigenvalue weighted by atomic mass is 16.5. The third-order valence-electron chi connectivity index (χ3n) is 7.25. The normalized spacial score (nSPS) is 25.7.